The van der Waals surface area contributed by atoms with E-state index in [1.807, 2.05) is 48.5 Å². The van der Waals surface area contributed by atoms with Crippen LogP contribution in [0.3, 0.4) is 0 Å². The molecule has 3 aromatic rings. The molecule has 1 aliphatic heterocycles. The number of benzene rings is 2. The number of nitrogens with zero attached hydrogens (tertiary/aromatic N) is 2. The van der Waals surface area contributed by atoms with Crippen molar-refractivity contribution in [2.24, 2.45) is 0 Å². The Morgan fingerprint density at radius 2 is 1.81 bits per heavy atom. The number of piperidine rings is 1. The smallest absolute Gasteiger partial charge is 0.407 e. The van der Waals surface area contributed by atoms with Crippen LogP contribution in [0.5, 0.6) is 0 Å². The monoisotopic (exact) mass is 349 g/mol. The van der Waals surface area contributed by atoms with E-state index in [1.54, 1.807) is 0 Å². The molecule has 6 nitrogen and oxygen atoms in total. The Kier molecular flexibility index (Phi) is 4.16. The molecule has 0 radical (unpaired) electrons. The summed E-state index contributed by atoms with van der Waals surface area (Å²) < 4.78 is 0. The molecule has 1 saturated heterocycles. The maximum Gasteiger partial charge on any atom is 0.407 e. The van der Waals surface area contributed by atoms with Crippen LogP contribution in [0.25, 0.3) is 22.0 Å². The van der Waals surface area contributed by atoms with Gasteiger partial charge in [-0.1, -0.05) is 42.5 Å². The zero-order valence-electron chi connectivity index (χ0n) is 14.2. The fourth-order valence-electron chi connectivity index (χ4n) is 3.60. The molecule has 2 aromatic carbocycles. The van der Waals surface area contributed by atoms with E-state index in [4.69, 9.17) is 10.1 Å². The fourth-order valence-corrected chi connectivity index (χ4v) is 3.60. The van der Waals surface area contributed by atoms with Gasteiger partial charge in [0, 0.05) is 19.0 Å². The quantitative estimate of drug-likeness (QED) is 0.742. The van der Waals surface area contributed by atoms with E-state index in [9.17, 15) is 9.59 Å². The zero-order valence-corrected chi connectivity index (χ0v) is 14.2. The van der Waals surface area contributed by atoms with Crippen LogP contribution in [-0.2, 0) is 0 Å². The molecule has 132 valence electrons. The van der Waals surface area contributed by atoms with Crippen LogP contribution < -0.4 is 5.56 Å². The van der Waals surface area contributed by atoms with Gasteiger partial charge in [-0.05, 0) is 30.0 Å². The lowest BCUT2D eigenvalue weighted by Crippen LogP contribution is -2.37. The summed E-state index contributed by atoms with van der Waals surface area (Å²) >= 11 is 0. The molecule has 0 unspecified atom stereocenters. The first-order valence-corrected chi connectivity index (χ1v) is 8.70. The van der Waals surface area contributed by atoms with Crippen molar-refractivity contribution in [3.63, 3.8) is 0 Å². The number of hydrogen-bond donors (Lipinski definition) is 2. The van der Waals surface area contributed by atoms with Crippen LogP contribution in [0.15, 0.2) is 53.3 Å². The Balaban J connectivity index is 1.73. The Morgan fingerprint density at radius 1 is 1.08 bits per heavy atom. The lowest BCUT2D eigenvalue weighted by molar-refractivity contribution is 0.131. The van der Waals surface area contributed by atoms with Gasteiger partial charge in [0.05, 0.1) is 10.9 Å². The summed E-state index contributed by atoms with van der Waals surface area (Å²) in [6.45, 7) is 0.928. The molecule has 1 fully saturated rings. The summed E-state index contributed by atoms with van der Waals surface area (Å²) in [5.74, 6) is 0.723. The van der Waals surface area contributed by atoms with Gasteiger partial charge in [-0.25, -0.2) is 9.78 Å². The van der Waals surface area contributed by atoms with Gasteiger partial charge < -0.3 is 15.0 Å². The average Bonchev–Trinajstić information content (AvgIpc) is 2.68. The van der Waals surface area contributed by atoms with Crippen LogP contribution in [0.1, 0.15) is 24.6 Å². The van der Waals surface area contributed by atoms with Gasteiger partial charge in [-0.15, -0.1) is 0 Å². The molecule has 6 heteroatoms. The van der Waals surface area contributed by atoms with Crippen molar-refractivity contribution < 1.29 is 9.90 Å². The Morgan fingerprint density at radius 3 is 2.50 bits per heavy atom. The van der Waals surface area contributed by atoms with E-state index in [0.717, 1.165) is 11.1 Å². The van der Waals surface area contributed by atoms with Gasteiger partial charge in [-0.3, -0.25) is 4.79 Å². The summed E-state index contributed by atoms with van der Waals surface area (Å²) in [6, 6.07) is 15.5. The molecule has 0 bridgehead atoms. The molecule has 1 aromatic heterocycles. The normalized spacial score (nSPS) is 15.3. The second-order valence-electron chi connectivity index (χ2n) is 6.56. The van der Waals surface area contributed by atoms with Crippen molar-refractivity contribution in [3.05, 3.63) is 64.7 Å². The molecule has 4 rings (SSSR count). The summed E-state index contributed by atoms with van der Waals surface area (Å²) in [4.78, 5) is 32.9. The Bertz CT molecular complexity index is 1010. The van der Waals surface area contributed by atoms with E-state index in [2.05, 4.69) is 4.98 Å². The van der Waals surface area contributed by atoms with Crippen molar-refractivity contribution in [1.82, 2.24) is 14.9 Å². The van der Waals surface area contributed by atoms with Gasteiger partial charge in [-0.2, -0.15) is 0 Å². The number of carboxylic acid groups (broad SMARTS) is 1. The highest BCUT2D eigenvalue weighted by atomic mass is 16.4. The number of amides is 1. The molecule has 0 aliphatic carbocycles. The van der Waals surface area contributed by atoms with Crippen LogP contribution in [0.2, 0.25) is 0 Å². The standard InChI is InChI=1S/C20H19N3O3/c24-19-17-15(13-5-2-1-3-6-13)7-4-8-16(17)21-18(22-19)14-9-11-23(12-10-14)20(25)26/h1-8,14H,9-12H2,(H,25,26)(H,21,22,24). The largest absolute Gasteiger partial charge is 0.465 e. The van der Waals surface area contributed by atoms with E-state index in [-0.39, 0.29) is 11.5 Å². The Labute approximate surface area is 150 Å². The number of rotatable bonds is 2. The first kappa shape index (κ1) is 16.3. The molecular weight excluding hydrogens is 330 g/mol. The predicted molar refractivity (Wildman–Crippen MR) is 99.4 cm³/mol. The van der Waals surface area contributed by atoms with Crippen molar-refractivity contribution in [2.45, 2.75) is 18.8 Å². The van der Waals surface area contributed by atoms with E-state index < -0.39 is 6.09 Å². The molecule has 2 heterocycles. The lowest BCUT2D eigenvalue weighted by Gasteiger charge is -2.29. The number of carbonyl (C=O) groups is 1. The van der Waals surface area contributed by atoms with E-state index in [0.29, 0.717) is 42.7 Å². The van der Waals surface area contributed by atoms with Crippen LogP contribution >= 0.6 is 0 Å². The third-order valence-electron chi connectivity index (χ3n) is 4.99. The SMILES string of the molecule is O=C(O)N1CCC(c2nc3cccc(-c4ccccc4)c3c(=O)[nH]2)CC1. The zero-order chi connectivity index (χ0) is 18.1. The van der Waals surface area contributed by atoms with Gasteiger partial charge in [0.1, 0.15) is 5.82 Å². The summed E-state index contributed by atoms with van der Waals surface area (Å²) in [5.41, 5.74) is 2.37. The van der Waals surface area contributed by atoms with Crippen molar-refractivity contribution in [1.29, 1.82) is 0 Å². The molecular formula is C20H19N3O3. The van der Waals surface area contributed by atoms with Gasteiger partial charge in [0.2, 0.25) is 0 Å². The van der Waals surface area contributed by atoms with Crippen molar-refractivity contribution in [3.8, 4) is 11.1 Å². The summed E-state index contributed by atoms with van der Waals surface area (Å²) in [5, 5.41) is 9.66. The first-order chi connectivity index (χ1) is 12.6. The third kappa shape index (κ3) is 2.94. The van der Waals surface area contributed by atoms with Gasteiger partial charge in [0.25, 0.3) is 5.56 Å². The number of fused-ring (bicyclic) bond motifs is 1. The van der Waals surface area contributed by atoms with Crippen LogP contribution in [0, 0.1) is 0 Å². The Hall–Kier alpha value is -3.15. The first-order valence-electron chi connectivity index (χ1n) is 8.70. The van der Waals surface area contributed by atoms with E-state index >= 15 is 0 Å². The topological polar surface area (TPSA) is 86.3 Å². The van der Waals surface area contributed by atoms with Crippen molar-refractivity contribution >= 4 is 17.0 Å². The molecule has 0 spiro atoms. The lowest BCUT2D eigenvalue weighted by atomic mass is 9.95. The molecule has 1 amide bonds. The minimum atomic E-state index is -0.893. The summed E-state index contributed by atoms with van der Waals surface area (Å²) in [7, 11) is 0. The maximum atomic E-state index is 12.8. The van der Waals surface area contributed by atoms with Crippen LogP contribution in [-0.4, -0.2) is 39.2 Å². The number of aromatic nitrogens is 2. The van der Waals surface area contributed by atoms with Gasteiger partial charge >= 0.3 is 6.09 Å². The molecule has 26 heavy (non-hydrogen) atoms. The maximum absolute atomic E-state index is 12.8. The predicted octanol–water partition coefficient (Wildman–Crippen LogP) is 3.45. The summed E-state index contributed by atoms with van der Waals surface area (Å²) in [6.07, 6.45) is 0.439. The van der Waals surface area contributed by atoms with Gasteiger partial charge in [0.15, 0.2) is 0 Å². The molecule has 2 N–H and O–H groups in total. The third-order valence-corrected chi connectivity index (χ3v) is 4.99. The second-order valence-corrected chi connectivity index (χ2v) is 6.56. The minimum Gasteiger partial charge on any atom is -0.465 e. The number of likely N-dealkylation sites (tertiary alicyclic amines) is 1. The molecule has 1 aliphatic rings. The molecule has 0 saturated carbocycles. The number of nitrogens with one attached hydrogen (secondary N) is 1. The number of hydrogen-bond acceptors (Lipinski definition) is 3. The van der Waals surface area contributed by atoms with E-state index in [1.165, 1.54) is 4.90 Å². The number of H-pyrrole nitrogens is 1. The van der Waals surface area contributed by atoms with Crippen LogP contribution in [0.4, 0.5) is 4.79 Å². The average molecular weight is 349 g/mol. The highest BCUT2D eigenvalue weighted by molar-refractivity contribution is 5.93. The highest BCUT2D eigenvalue weighted by Gasteiger charge is 2.25. The van der Waals surface area contributed by atoms with Crippen molar-refractivity contribution in [2.75, 3.05) is 13.1 Å². The fraction of sp³-hybridized carbons (Fsp3) is 0.250. The minimum absolute atomic E-state index is 0.0723. The second kappa shape index (κ2) is 6.63. The number of aromatic amines is 1. The highest BCUT2D eigenvalue weighted by Crippen LogP contribution is 2.28. The molecule has 0 atom stereocenters.